The second kappa shape index (κ2) is 9.36. The Balaban J connectivity index is 2.13. The molecule has 4 nitrogen and oxygen atoms in total. The summed E-state index contributed by atoms with van der Waals surface area (Å²) in [6, 6.07) is 17.4. The van der Waals surface area contributed by atoms with Crippen LogP contribution in [0.25, 0.3) is 0 Å². The Kier molecular flexibility index (Phi) is 7.17. The van der Waals surface area contributed by atoms with Crippen molar-refractivity contribution >= 4 is 21.8 Å². The van der Waals surface area contributed by atoms with Crippen LogP contribution >= 0.6 is 15.9 Å². The van der Waals surface area contributed by atoms with Crippen molar-refractivity contribution in [3.05, 3.63) is 69.7 Å². The van der Waals surface area contributed by atoms with Crippen LogP contribution in [0.1, 0.15) is 16.7 Å². The van der Waals surface area contributed by atoms with Gasteiger partial charge < -0.3 is 9.80 Å². The van der Waals surface area contributed by atoms with Gasteiger partial charge in [-0.3, -0.25) is 4.79 Å². The molecular weight excluding hydrogens is 378 g/mol. The molecule has 1 amide bonds. The van der Waals surface area contributed by atoms with Crippen molar-refractivity contribution in [1.29, 1.82) is 5.26 Å². The van der Waals surface area contributed by atoms with Crippen LogP contribution in [-0.2, 0) is 17.8 Å². The van der Waals surface area contributed by atoms with E-state index in [-0.39, 0.29) is 5.91 Å². The number of hydrogen-bond donors (Lipinski definition) is 0. The standard InChI is InChI=1S/C20H22BrN3O/c1-23(2)9-10-24(15-18-7-3-6-17(11-18)14-22)20(25)13-16-5-4-8-19(21)12-16/h3-8,11-12H,9-10,13,15H2,1-2H3. The summed E-state index contributed by atoms with van der Waals surface area (Å²) < 4.78 is 0.972. The highest BCUT2D eigenvalue weighted by Crippen LogP contribution is 2.14. The molecule has 0 aliphatic carbocycles. The van der Waals surface area contributed by atoms with E-state index in [2.05, 4.69) is 26.9 Å². The Labute approximate surface area is 157 Å². The largest absolute Gasteiger partial charge is 0.337 e. The molecule has 130 valence electrons. The SMILES string of the molecule is CN(C)CCN(Cc1cccc(C#N)c1)C(=O)Cc1cccc(Br)c1. The third-order valence-corrected chi connectivity index (χ3v) is 4.34. The molecule has 0 N–H and O–H groups in total. The van der Waals surface area contributed by atoms with Crippen LogP contribution in [0.3, 0.4) is 0 Å². The first-order valence-corrected chi connectivity index (χ1v) is 8.93. The average Bonchev–Trinajstić information content (AvgIpc) is 2.58. The molecule has 0 aromatic heterocycles. The molecule has 0 atom stereocenters. The van der Waals surface area contributed by atoms with E-state index in [9.17, 15) is 4.79 Å². The van der Waals surface area contributed by atoms with Gasteiger partial charge >= 0.3 is 0 Å². The molecule has 2 aromatic rings. The second-order valence-corrected chi connectivity index (χ2v) is 7.15. The highest BCUT2D eigenvalue weighted by molar-refractivity contribution is 9.10. The number of benzene rings is 2. The third kappa shape index (κ3) is 6.33. The van der Waals surface area contributed by atoms with Crippen LogP contribution < -0.4 is 0 Å². The van der Waals surface area contributed by atoms with E-state index in [1.807, 2.05) is 61.5 Å². The summed E-state index contributed by atoms with van der Waals surface area (Å²) in [6.07, 6.45) is 0.366. The quantitative estimate of drug-likeness (QED) is 0.715. The smallest absolute Gasteiger partial charge is 0.227 e. The van der Waals surface area contributed by atoms with Crippen molar-refractivity contribution in [3.63, 3.8) is 0 Å². The molecule has 2 aromatic carbocycles. The van der Waals surface area contributed by atoms with Crippen molar-refractivity contribution in [3.8, 4) is 6.07 Å². The Morgan fingerprint density at radius 1 is 1.08 bits per heavy atom. The predicted octanol–water partition coefficient (Wildman–Crippen LogP) is 3.45. The molecule has 0 heterocycles. The number of rotatable bonds is 7. The topological polar surface area (TPSA) is 47.3 Å². The van der Waals surface area contributed by atoms with Crippen molar-refractivity contribution in [1.82, 2.24) is 9.80 Å². The minimum Gasteiger partial charge on any atom is -0.337 e. The van der Waals surface area contributed by atoms with E-state index in [0.717, 1.165) is 22.1 Å². The molecule has 0 unspecified atom stereocenters. The number of hydrogen-bond acceptors (Lipinski definition) is 3. The number of nitriles is 1. The molecular formula is C20H22BrN3O. The summed E-state index contributed by atoms with van der Waals surface area (Å²) in [6.45, 7) is 1.95. The third-order valence-electron chi connectivity index (χ3n) is 3.84. The summed E-state index contributed by atoms with van der Waals surface area (Å²) in [7, 11) is 3.99. The van der Waals surface area contributed by atoms with Gasteiger partial charge in [0.25, 0.3) is 0 Å². The molecule has 0 bridgehead atoms. The Morgan fingerprint density at radius 2 is 1.80 bits per heavy atom. The van der Waals surface area contributed by atoms with Crippen LogP contribution in [-0.4, -0.2) is 42.9 Å². The monoisotopic (exact) mass is 399 g/mol. The minimum absolute atomic E-state index is 0.0855. The first-order valence-electron chi connectivity index (χ1n) is 8.14. The zero-order valence-electron chi connectivity index (χ0n) is 14.6. The molecule has 0 aliphatic heterocycles. The van der Waals surface area contributed by atoms with Gasteiger partial charge in [-0.25, -0.2) is 0 Å². The fraction of sp³-hybridized carbons (Fsp3) is 0.300. The molecule has 0 saturated heterocycles. The molecule has 0 spiro atoms. The lowest BCUT2D eigenvalue weighted by Crippen LogP contribution is -2.37. The maximum atomic E-state index is 12.8. The summed E-state index contributed by atoms with van der Waals surface area (Å²) >= 11 is 3.45. The van der Waals surface area contributed by atoms with Gasteiger partial charge in [0.05, 0.1) is 18.1 Å². The molecule has 0 fully saturated rings. The molecule has 2 rings (SSSR count). The van der Waals surface area contributed by atoms with Crippen molar-refractivity contribution in [2.45, 2.75) is 13.0 Å². The number of nitrogens with zero attached hydrogens (tertiary/aromatic N) is 3. The summed E-state index contributed by atoms with van der Waals surface area (Å²) in [5.74, 6) is 0.0855. The number of halogens is 1. The van der Waals surface area contributed by atoms with Gasteiger partial charge in [-0.15, -0.1) is 0 Å². The van der Waals surface area contributed by atoms with Crippen molar-refractivity contribution in [2.75, 3.05) is 27.2 Å². The molecule has 0 radical (unpaired) electrons. The van der Waals surface area contributed by atoms with Gasteiger partial charge in [0.15, 0.2) is 0 Å². The average molecular weight is 400 g/mol. The lowest BCUT2D eigenvalue weighted by molar-refractivity contribution is -0.131. The predicted molar refractivity (Wildman–Crippen MR) is 103 cm³/mol. The van der Waals surface area contributed by atoms with Crippen LogP contribution in [0.4, 0.5) is 0 Å². The summed E-state index contributed by atoms with van der Waals surface area (Å²) in [5.41, 5.74) is 2.57. The van der Waals surface area contributed by atoms with E-state index in [1.54, 1.807) is 6.07 Å². The zero-order valence-corrected chi connectivity index (χ0v) is 16.2. The highest BCUT2D eigenvalue weighted by atomic mass is 79.9. The van der Waals surface area contributed by atoms with Gasteiger partial charge in [0.1, 0.15) is 0 Å². The zero-order chi connectivity index (χ0) is 18.2. The van der Waals surface area contributed by atoms with Crippen LogP contribution in [0.2, 0.25) is 0 Å². The number of carbonyl (C=O) groups excluding carboxylic acids is 1. The minimum atomic E-state index is 0.0855. The molecule has 0 aliphatic rings. The lowest BCUT2D eigenvalue weighted by Gasteiger charge is -2.25. The maximum Gasteiger partial charge on any atom is 0.227 e. The van der Waals surface area contributed by atoms with Crippen LogP contribution in [0, 0.1) is 11.3 Å². The van der Waals surface area contributed by atoms with Gasteiger partial charge in [-0.2, -0.15) is 5.26 Å². The van der Waals surface area contributed by atoms with Gasteiger partial charge in [-0.1, -0.05) is 40.2 Å². The van der Waals surface area contributed by atoms with Crippen molar-refractivity contribution < 1.29 is 4.79 Å². The van der Waals surface area contributed by atoms with E-state index in [4.69, 9.17) is 5.26 Å². The number of amides is 1. The number of carbonyl (C=O) groups is 1. The highest BCUT2D eigenvalue weighted by Gasteiger charge is 2.15. The second-order valence-electron chi connectivity index (χ2n) is 6.24. The molecule has 0 saturated carbocycles. The normalized spacial score (nSPS) is 10.5. The van der Waals surface area contributed by atoms with Crippen LogP contribution in [0.15, 0.2) is 53.0 Å². The fourth-order valence-corrected chi connectivity index (χ4v) is 2.95. The van der Waals surface area contributed by atoms with E-state index < -0.39 is 0 Å². The summed E-state index contributed by atoms with van der Waals surface area (Å²) in [4.78, 5) is 16.7. The maximum absolute atomic E-state index is 12.8. The van der Waals surface area contributed by atoms with E-state index in [1.165, 1.54) is 0 Å². The van der Waals surface area contributed by atoms with Crippen molar-refractivity contribution in [2.24, 2.45) is 0 Å². The van der Waals surface area contributed by atoms with E-state index in [0.29, 0.717) is 25.1 Å². The first-order chi connectivity index (χ1) is 12.0. The van der Waals surface area contributed by atoms with E-state index >= 15 is 0 Å². The first kappa shape index (κ1) is 19.2. The molecule has 5 heteroatoms. The molecule has 25 heavy (non-hydrogen) atoms. The summed E-state index contributed by atoms with van der Waals surface area (Å²) in [5, 5.41) is 9.06. The van der Waals surface area contributed by atoms with Gasteiger partial charge in [0, 0.05) is 24.1 Å². The number of likely N-dealkylation sites (N-methyl/N-ethyl adjacent to an activating group) is 1. The lowest BCUT2D eigenvalue weighted by atomic mass is 10.1. The van der Waals surface area contributed by atoms with Gasteiger partial charge in [-0.05, 0) is 49.5 Å². The Bertz CT molecular complexity index is 768. The Hall–Kier alpha value is -2.16. The Morgan fingerprint density at radius 3 is 2.48 bits per heavy atom. The van der Waals surface area contributed by atoms with Gasteiger partial charge in [0.2, 0.25) is 5.91 Å². The van der Waals surface area contributed by atoms with Crippen LogP contribution in [0.5, 0.6) is 0 Å². The fourth-order valence-electron chi connectivity index (χ4n) is 2.51.